The highest BCUT2D eigenvalue weighted by molar-refractivity contribution is 5.23. The molecule has 0 bridgehead atoms. The normalized spacial score (nSPS) is 14.9. The van der Waals surface area contributed by atoms with Crippen molar-refractivity contribution in [3.63, 3.8) is 0 Å². The maximum Gasteiger partial charge on any atom is 0.0839 e. The third-order valence-corrected chi connectivity index (χ3v) is 2.74. The van der Waals surface area contributed by atoms with E-state index in [2.05, 4.69) is 19.1 Å². The Balaban J connectivity index is 2.57. The molecule has 0 saturated heterocycles. The summed E-state index contributed by atoms with van der Waals surface area (Å²) in [5, 5.41) is 19.1. The molecule has 0 aliphatic rings. The first-order valence-corrected chi connectivity index (χ1v) is 5.61. The van der Waals surface area contributed by atoms with Crippen LogP contribution in [0, 0.1) is 0 Å². The first-order chi connectivity index (χ1) is 7.17. The zero-order valence-electron chi connectivity index (χ0n) is 9.48. The molecule has 0 amide bonds. The van der Waals surface area contributed by atoms with Crippen LogP contribution in [0.25, 0.3) is 0 Å². The van der Waals surface area contributed by atoms with Gasteiger partial charge >= 0.3 is 0 Å². The van der Waals surface area contributed by atoms with E-state index in [1.807, 2.05) is 19.1 Å². The Morgan fingerprint density at radius 1 is 0.933 bits per heavy atom. The van der Waals surface area contributed by atoms with Gasteiger partial charge in [-0.2, -0.15) is 0 Å². The Bertz CT molecular complexity index is 279. The molecule has 2 nitrogen and oxygen atoms in total. The van der Waals surface area contributed by atoms with Crippen LogP contribution in [0.4, 0.5) is 0 Å². The number of aliphatic hydroxyl groups is 2. The van der Waals surface area contributed by atoms with E-state index in [9.17, 15) is 10.2 Å². The van der Waals surface area contributed by atoms with E-state index < -0.39 is 12.2 Å². The zero-order chi connectivity index (χ0) is 11.3. The largest absolute Gasteiger partial charge is 0.390 e. The van der Waals surface area contributed by atoms with Gasteiger partial charge in [-0.05, 0) is 24.0 Å². The molecule has 0 heterocycles. The summed E-state index contributed by atoms with van der Waals surface area (Å²) >= 11 is 0. The molecule has 0 fully saturated rings. The summed E-state index contributed by atoms with van der Waals surface area (Å²) < 4.78 is 0. The second-order valence-corrected chi connectivity index (χ2v) is 3.92. The van der Waals surface area contributed by atoms with E-state index in [0.29, 0.717) is 12.8 Å². The highest BCUT2D eigenvalue weighted by atomic mass is 16.3. The van der Waals surface area contributed by atoms with Crippen LogP contribution in [0.1, 0.15) is 31.4 Å². The summed E-state index contributed by atoms with van der Waals surface area (Å²) in [5.74, 6) is 0. The Kier molecular flexibility index (Phi) is 4.79. The molecule has 0 aliphatic heterocycles. The summed E-state index contributed by atoms with van der Waals surface area (Å²) in [6, 6.07) is 8.18. The van der Waals surface area contributed by atoms with E-state index in [-0.39, 0.29) is 0 Å². The van der Waals surface area contributed by atoms with E-state index >= 15 is 0 Å². The molecule has 0 aromatic heterocycles. The Morgan fingerprint density at radius 2 is 1.47 bits per heavy atom. The van der Waals surface area contributed by atoms with E-state index in [1.54, 1.807) is 0 Å². The van der Waals surface area contributed by atoms with Crippen molar-refractivity contribution in [1.29, 1.82) is 0 Å². The number of hydrogen-bond acceptors (Lipinski definition) is 2. The van der Waals surface area contributed by atoms with Crippen molar-refractivity contribution in [3.8, 4) is 0 Å². The fourth-order valence-corrected chi connectivity index (χ4v) is 1.56. The molecular weight excluding hydrogens is 188 g/mol. The lowest BCUT2D eigenvalue weighted by Crippen LogP contribution is -2.27. The Hall–Kier alpha value is -0.860. The summed E-state index contributed by atoms with van der Waals surface area (Å²) in [5.41, 5.74) is 2.37. The first kappa shape index (κ1) is 12.2. The van der Waals surface area contributed by atoms with Crippen LogP contribution in [0.15, 0.2) is 24.3 Å². The van der Waals surface area contributed by atoms with Gasteiger partial charge in [-0.3, -0.25) is 0 Å². The number of rotatable bonds is 5. The van der Waals surface area contributed by atoms with Crippen LogP contribution in [0.3, 0.4) is 0 Å². The van der Waals surface area contributed by atoms with Crippen LogP contribution in [0.5, 0.6) is 0 Å². The Labute approximate surface area is 91.6 Å². The van der Waals surface area contributed by atoms with E-state index in [0.717, 1.165) is 12.0 Å². The van der Waals surface area contributed by atoms with E-state index in [1.165, 1.54) is 5.56 Å². The minimum Gasteiger partial charge on any atom is -0.390 e. The minimum atomic E-state index is -0.650. The van der Waals surface area contributed by atoms with Gasteiger partial charge in [0.15, 0.2) is 0 Å². The number of hydrogen-bond donors (Lipinski definition) is 2. The van der Waals surface area contributed by atoms with Gasteiger partial charge in [0.05, 0.1) is 12.2 Å². The molecule has 0 saturated carbocycles. The molecule has 84 valence electrons. The lowest BCUT2D eigenvalue weighted by molar-refractivity contribution is 0.0181. The average molecular weight is 208 g/mol. The molecule has 2 heteroatoms. The van der Waals surface area contributed by atoms with Gasteiger partial charge in [0.25, 0.3) is 0 Å². The van der Waals surface area contributed by atoms with Crippen molar-refractivity contribution in [3.05, 3.63) is 35.4 Å². The van der Waals surface area contributed by atoms with Crippen LogP contribution >= 0.6 is 0 Å². The molecule has 0 aliphatic carbocycles. The van der Waals surface area contributed by atoms with Gasteiger partial charge in [-0.15, -0.1) is 0 Å². The second-order valence-electron chi connectivity index (χ2n) is 3.92. The quantitative estimate of drug-likeness (QED) is 0.776. The predicted molar refractivity (Wildman–Crippen MR) is 61.8 cm³/mol. The lowest BCUT2D eigenvalue weighted by Gasteiger charge is -2.16. The molecule has 1 rings (SSSR count). The number of benzene rings is 1. The fourth-order valence-electron chi connectivity index (χ4n) is 1.56. The van der Waals surface area contributed by atoms with Crippen LogP contribution in [-0.4, -0.2) is 22.4 Å². The predicted octanol–water partition coefficient (Wildman–Crippen LogP) is 1.92. The average Bonchev–Trinajstić information content (AvgIpc) is 2.29. The van der Waals surface area contributed by atoms with Crippen molar-refractivity contribution in [2.75, 3.05) is 0 Å². The maximum atomic E-state index is 9.65. The topological polar surface area (TPSA) is 40.5 Å². The van der Waals surface area contributed by atoms with Crippen LogP contribution < -0.4 is 0 Å². The molecule has 0 radical (unpaired) electrons. The monoisotopic (exact) mass is 208 g/mol. The second kappa shape index (κ2) is 5.89. The van der Waals surface area contributed by atoms with Gasteiger partial charge in [-0.1, -0.05) is 38.1 Å². The smallest absolute Gasteiger partial charge is 0.0839 e. The van der Waals surface area contributed by atoms with E-state index in [4.69, 9.17) is 0 Å². The van der Waals surface area contributed by atoms with Gasteiger partial charge in [0.1, 0.15) is 0 Å². The number of aliphatic hydroxyl groups excluding tert-OH is 2. The zero-order valence-corrected chi connectivity index (χ0v) is 9.48. The third-order valence-electron chi connectivity index (χ3n) is 2.74. The highest BCUT2D eigenvalue weighted by Gasteiger charge is 2.14. The van der Waals surface area contributed by atoms with Crippen molar-refractivity contribution in [2.24, 2.45) is 0 Å². The molecule has 2 N–H and O–H groups in total. The molecule has 0 spiro atoms. The van der Waals surface area contributed by atoms with Gasteiger partial charge in [0.2, 0.25) is 0 Å². The van der Waals surface area contributed by atoms with Crippen molar-refractivity contribution < 1.29 is 10.2 Å². The molecule has 1 aromatic rings. The van der Waals surface area contributed by atoms with Crippen LogP contribution in [-0.2, 0) is 12.8 Å². The maximum absolute atomic E-state index is 9.65. The van der Waals surface area contributed by atoms with Gasteiger partial charge in [-0.25, -0.2) is 0 Å². The molecule has 2 atom stereocenters. The number of aryl methyl sites for hydroxylation is 1. The SMILES string of the molecule is CCc1ccc(CC(O)C(O)CC)cc1. The minimum absolute atomic E-state index is 0.527. The lowest BCUT2D eigenvalue weighted by atomic mass is 10.0. The van der Waals surface area contributed by atoms with Crippen molar-refractivity contribution >= 4 is 0 Å². The van der Waals surface area contributed by atoms with Crippen LogP contribution in [0.2, 0.25) is 0 Å². The summed E-state index contributed by atoms with van der Waals surface area (Å²) in [4.78, 5) is 0. The summed E-state index contributed by atoms with van der Waals surface area (Å²) in [6.07, 6.45) is 0.881. The summed E-state index contributed by atoms with van der Waals surface area (Å²) in [7, 11) is 0. The van der Waals surface area contributed by atoms with Crippen molar-refractivity contribution in [1.82, 2.24) is 0 Å². The van der Waals surface area contributed by atoms with Gasteiger partial charge in [0, 0.05) is 6.42 Å². The third kappa shape index (κ3) is 3.65. The molecule has 15 heavy (non-hydrogen) atoms. The highest BCUT2D eigenvalue weighted by Crippen LogP contribution is 2.10. The molecule has 2 unspecified atom stereocenters. The molecular formula is C13H20O2. The Morgan fingerprint density at radius 3 is 1.93 bits per heavy atom. The summed E-state index contributed by atoms with van der Waals surface area (Å²) in [6.45, 7) is 3.98. The fraction of sp³-hybridized carbons (Fsp3) is 0.538. The standard InChI is InChI=1S/C13H20O2/c1-3-10-5-7-11(8-6-10)9-13(15)12(14)4-2/h5-8,12-15H,3-4,9H2,1-2H3. The van der Waals surface area contributed by atoms with Gasteiger partial charge < -0.3 is 10.2 Å². The van der Waals surface area contributed by atoms with Crippen molar-refractivity contribution in [2.45, 2.75) is 45.3 Å². The first-order valence-electron chi connectivity index (χ1n) is 5.61. The molecule has 1 aromatic carbocycles.